The van der Waals surface area contributed by atoms with E-state index in [2.05, 4.69) is 12.2 Å². The monoisotopic (exact) mass is 293 g/mol. The summed E-state index contributed by atoms with van der Waals surface area (Å²) in [7, 11) is 0. The number of amides is 1. The summed E-state index contributed by atoms with van der Waals surface area (Å²) >= 11 is 1.33. The van der Waals surface area contributed by atoms with Crippen LogP contribution in [0.4, 0.5) is 0 Å². The number of aliphatic carboxylic acids is 1. The Bertz CT molecular complexity index is 547. The molecule has 0 saturated heterocycles. The van der Waals surface area contributed by atoms with Gasteiger partial charge >= 0.3 is 5.97 Å². The molecular weight excluding hydrogens is 274 g/mol. The van der Waals surface area contributed by atoms with E-state index in [1.54, 1.807) is 0 Å². The van der Waals surface area contributed by atoms with Crippen molar-refractivity contribution in [3.05, 3.63) is 27.5 Å². The molecule has 1 saturated carbocycles. The van der Waals surface area contributed by atoms with Crippen LogP contribution in [0.1, 0.15) is 46.3 Å². The van der Waals surface area contributed by atoms with Crippen molar-refractivity contribution in [1.82, 2.24) is 5.32 Å². The third-order valence-corrected chi connectivity index (χ3v) is 4.79. The number of hydrogen-bond donors (Lipinski definition) is 2. The average Bonchev–Trinajstić information content (AvgIpc) is 2.93. The van der Waals surface area contributed by atoms with Crippen molar-refractivity contribution in [1.29, 1.82) is 0 Å². The first-order valence-electron chi connectivity index (χ1n) is 6.78. The van der Waals surface area contributed by atoms with E-state index in [9.17, 15) is 9.59 Å². The fourth-order valence-electron chi connectivity index (χ4n) is 2.52. The third-order valence-electron chi connectivity index (χ3n) is 3.59. The van der Waals surface area contributed by atoms with Gasteiger partial charge in [-0.2, -0.15) is 0 Å². The molecule has 1 heterocycles. The van der Waals surface area contributed by atoms with Gasteiger partial charge in [-0.05, 0) is 49.8 Å². The summed E-state index contributed by atoms with van der Waals surface area (Å²) in [5.74, 6) is -0.352. The molecule has 0 radical (unpaired) electrons. The number of carboxylic acids is 1. The van der Waals surface area contributed by atoms with Crippen molar-refractivity contribution < 1.29 is 14.7 Å². The standard InChI is InChI=1S/C15H19NO3S/c1-9-3-4-11(7-9)16-15(19)13-8-10(2)12(20-13)5-6-14(17)18/h5-6,8-9,11H,3-4,7H2,1-2H3,(H,16,19)(H,17,18)/b6-5+. The van der Waals surface area contributed by atoms with Crippen molar-refractivity contribution in [2.45, 2.75) is 39.2 Å². The number of carbonyl (C=O) groups is 2. The number of hydrogen-bond acceptors (Lipinski definition) is 3. The summed E-state index contributed by atoms with van der Waals surface area (Å²) in [6, 6.07) is 2.10. The smallest absolute Gasteiger partial charge is 0.328 e. The lowest BCUT2D eigenvalue weighted by Crippen LogP contribution is -2.32. The van der Waals surface area contributed by atoms with E-state index >= 15 is 0 Å². The van der Waals surface area contributed by atoms with Gasteiger partial charge < -0.3 is 10.4 Å². The molecule has 1 aliphatic carbocycles. The van der Waals surface area contributed by atoms with Crippen LogP contribution in [0.3, 0.4) is 0 Å². The van der Waals surface area contributed by atoms with Gasteiger partial charge in [0.05, 0.1) is 4.88 Å². The number of aryl methyl sites for hydroxylation is 1. The normalized spacial score (nSPS) is 22.3. The van der Waals surface area contributed by atoms with Gasteiger partial charge in [-0.1, -0.05) is 6.92 Å². The molecule has 1 aliphatic rings. The predicted molar refractivity (Wildman–Crippen MR) is 80.0 cm³/mol. The highest BCUT2D eigenvalue weighted by Crippen LogP contribution is 2.27. The maximum absolute atomic E-state index is 12.2. The lowest BCUT2D eigenvalue weighted by molar-refractivity contribution is -0.131. The molecule has 1 aromatic heterocycles. The third kappa shape index (κ3) is 3.70. The maximum Gasteiger partial charge on any atom is 0.328 e. The first-order valence-corrected chi connectivity index (χ1v) is 7.59. The number of rotatable bonds is 4. The Morgan fingerprint density at radius 3 is 2.80 bits per heavy atom. The van der Waals surface area contributed by atoms with Gasteiger partial charge in [-0.3, -0.25) is 4.79 Å². The van der Waals surface area contributed by atoms with E-state index in [1.165, 1.54) is 23.8 Å². The van der Waals surface area contributed by atoms with E-state index in [1.807, 2.05) is 13.0 Å². The highest BCUT2D eigenvalue weighted by Gasteiger charge is 2.23. The van der Waals surface area contributed by atoms with Crippen molar-refractivity contribution in [2.24, 2.45) is 5.92 Å². The largest absolute Gasteiger partial charge is 0.478 e. The predicted octanol–water partition coefficient (Wildman–Crippen LogP) is 3.07. The Hall–Kier alpha value is -1.62. The van der Waals surface area contributed by atoms with Crippen LogP contribution >= 0.6 is 11.3 Å². The van der Waals surface area contributed by atoms with Gasteiger partial charge in [-0.25, -0.2) is 4.79 Å². The van der Waals surface area contributed by atoms with Crippen molar-refractivity contribution in [3.63, 3.8) is 0 Å². The summed E-state index contributed by atoms with van der Waals surface area (Å²) in [5, 5.41) is 11.7. The van der Waals surface area contributed by atoms with Crippen molar-refractivity contribution in [2.75, 3.05) is 0 Å². The fraction of sp³-hybridized carbons (Fsp3) is 0.467. The zero-order valence-corrected chi connectivity index (χ0v) is 12.5. The van der Waals surface area contributed by atoms with Crippen molar-refractivity contribution >= 4 is 29.3 Å². The molecule has 2 rings (SSSR count). The van der Waals surface area contributed by atoms with E-state index < -0.39 is 5.97 Å². The Balaban J connectivity index is 2.03. The zero-order chi connectivity index (χ0) is 14.7. The second kappa shape index (κ2) is 6.22. The topological polar surface area (TPSA) is 66.4 Å². The van der Waals surface area contributed by atoms with Crippen LogP contribution < -0.4 is 5.32 Å². The number of thiophene rings is 1. The maximum atomic E-state index is 12.2. The molecule has 0 aromatic carbocycles. The van der Waals surface area contributed by atoms with E-state index in [0.717, 1.165) is 29.4 Å². The minimum absolute atomic E-state index is 0.0489. The molecule has 0 bridgehead atoms. The second-order valence-electron chi connectivity index (χ2n) is 5.42. The highest BCUT2D eigenvalue weighted by molar-refractivity contribution is 7.15. The lowest BCUT2D eigenvalue weighted by atomic mass is 10.1. The second-order valence-corrected chi connectivity index (χ2v) is 6.50. The van der Waals surface area contributed by atoms with Gasteiger partial charge in [0.15, 0.2) is 0 Å². The molecular formula is C15H19NO3S. The Morgan fingerprint density at radius 1 is 1.45 bits per heavy atom. The number of nitrogens with one attached hydrogen (secondary N) is 1. The van der Waals surface area contributed by atoms with E-state index in [4.69, 9.17) is 5.11 Å². The molecule has 2 atom stereocenters. The quantitative estimate of drug-likeness (QED) is 0.838. The molecule has 2 unspecified atom stereocenters. The number of carboxylic acid groups (broad SMARTS) is 1. The Labute approximate surface area is 122 Å². The summed E-state index contributed by atoms with van der Waals surface area (Å²) in [6.45, 7) is 4.09. The molecule has 20 heavy (non-hydrogen) atoms. The van der Waals surface area contributed by atoms with Crippen LogP contribution in [0.2, 0.25) is 0 Å². The molecule has 0 spiro atoms. The van der Waals surface area contributed by atoms with Crippen LogP contribution in [-0.2, 0) is 4.79 Å². The van der Waals surface area contributed by atoms with E-state index in [-0.39, 0.29) is 11.9 Å². The molecule has 0 aliphatic heterocycles. The van der Waals surface area contributed by atoms with E-state index in [0.29, 0.717) is 10.8 Å². The Morgan fingerprint density at radius 2 is 2.20 bits per heavy atom. The van der Waals surface area contributed by atoms with Gasteiger partial charge in [-0.15, -0.1) is 11.3 Å². The van der Waals surface area contributed by atoms with Gasteiger partial charge in [0.2, 0.25) is 0 Å². The van der Waals surface area contributed by atoms with Crippen LogP contribution in [0.5, 0.6) is 0 Å². The molecule has 2 N–H and O–H groups in total. The minimum Gasteiger partial charge on any atom is -0.478 e. The summed E-state index contributed by atoms with van der Waals surface area (Å²) < 4.78 is 0. The minimum atomic E-state index is -0.983. The SMILES string of the molecule is Cc1cc(C(=O)NC2CCC(C)C2)sc1/C=C/C(=O)O. The van der Waals surface area contributed by atoms with Gasteiger partial charge in [0, 0.05) is 17.0 Å². The molecule has 5 heteroatoms. The highest BCUT2D eigenvalue weighted by atomic mass is 32.1. The lowest BCUT2D eigenvalue weighted by Gasteiger charge is -2.11. The zero-order valence-electron chi connectivity index (χ0n) is 11.7. The van der Waals surface area contributed by atoms with Gasteiger partial charge in [0.25, 0.3) is 5.91 Å². The first-order chi connectivity index (χ1) is 9.45. The fourth-order valence-corrected chi connectivity index (χ4v) is 3.50. The summed E-state index contributed by atoms with van der Waals surface area (Å²) in [4.78, 5) is 24.2. The van der Waals surface area contributed by atoms with Crippen LogP contribution in [0.25, 0.3) is 6.08 Å². The Kier molecular flexibility index (Phi) is 4.60. The van der Waals surface area contributed by atoms with Crippen LogP contribution in [0, 0.1) is 12.8 Å². The molecule has 1 aromatic rings. The van der Waals surface area contributed by atoms with Crippen LogP contribution in [-0.4, -0.2) is 23.0 Å². The first kappa shape index (κ1) is 14.8. The summed E-state index contributed by atoms with van der Waals surface area (Å²) in [5.41, 5.74) is 0.928. The van der Waals surface area contributed by atoms with Gasteiger partial charge in [0.1, 0.15) is 0 Å². The average molecular weight is 293 g/mol. The molecule has 108 valence electrons. The van der Waals surface area contributed by atoms with Crippen molar-refractivity contribution in [3.8, 4) is 0 Å². The molecule has 1 amide bonds. The van der Waals surface area contributed by atoms with Crippen LogP contribution in [0.15, 0.2) is 12.1 Å². The molecule has 4 nitrogen and oxygen atoms in total. The summed E-state index contributed by atoms with van der Waals surface area (Å²) in [6.07, 6.45) is 5.89. The number of carbonyl (C=O) groups excluding carboxylic acids is 1. The molecule has 1 fully saturated rings.